The first-order valence-corrected chi connectivity index (χ1v) is 7.09. The molecule has 0 spiro atoms. The Kier molecular flexibility index (Phi) is 2.27. The van der Waals surface area contributed by atoms with Crippen molar-refractivity contribution < 1.29 is 0 Å². The third-order valence-corrected chi connectivity index (χ3v) is 5.66. The van der Waals surface area contributed by atoms with E-state index in [1.165, 1.54) is 45.4 Å². The Morgan fingerprint density at radius 3 is 1.81 bits per heavy atom. The van der Waals surface area contributed by atoms with E-state index in [4.69, 9.17) is 0 Å². The normalized spacial score (nSPS) is 55.5. The van der Waals surface area contributed by atoms with Crippen LogP contribution in [0.1, 0.15) is 19.3 Å². The molecule has 0 aromatic carbocycles. The molecular weight excluding hydrogens is 198 g/mol. The fourth-order valence-corrected chi connectivity index (χ4v) is 4.98. The van der Waals surface area contributed by atoms with Gasteiger partial charge in [-0.25, -0.2) is 0 Å². The van der Waals surface area contributed by atoms with Crippen LogP contribution in [-0.2, 0) is 0 Å². The second-order valence-electron chi connectivity index (χ2n) is 6.33. The highest BCUT2D eigenvalue weighted by Gasteiger charge is 2.50. The third kappa shape index (κ3) is 1.38. The summed E-state index contributed by atoms with van der Waals surface area (Å²) in [6.45, 7) is 4.93. The SMILES string of the molecule is C1CNC2CC3C(CC2N1)[C@@H]1CNC[C@H]3C1. The van der Waals surface area contributed by atoms with E-state index in [2.05, 4.69) is 16.0 Å². The van der Waals surface area contributed by atoms with Crippen LogP contribution in [0.5, 0.6) is 0 Å². The molecule has 0 aromatic heterocycles. The van der Waals surface area contributed by atoms with Crippen molar-refractivity contribution in [3.8, 4) is 0 Å². The van der Waals surface area contributed by atoms with Crippen molar-refractivity contribution >= 4 is 0 Å². The number of piperazine rings is 1. The zero-order valence-corrected chi connectivity index (χ0v) is 9.91. The zero-order chi connectivity index (χ0) is 10.5. The van der Waals surface area contributed by atoms with Gasteiger partial charge in [0.25, 0.3) is 0 Å². The molecule has 4 aliphatic rings. The molecule has 2 saturated carbocycles. The number of rotatable bonds is 0. The van der Waals surface area contributed by atoms with Crippen molar-refractivity contribution in [3.05, 3.63) is 0 Å². The lowest BCUT2D eigenvalue weighted by Crippen LogP contribution is -2.60. The lowest BCUT2D eigenvalue weighted by atomic mass is 9.71. The summed E-state index contributed by atoms with van der Waals surface area (Å²) in [4.78, 5) is 0. The van der Waals surface area contributed by atoms with Crippen molar-refractivity contribution in [1.82, 2.24) is 16.0 Å². The Bertz CT molecular complexity index is 254. The number of hydrogen-bond acceptors (Lipinski definition) is 3. The first kappa shape index (κ1) is 9.86. The molecular formula is C13H23N3. The van der Waals surface area contributed by atoms with Gasteiger partial charge in [-0.15, -0.1) is 0 Å². The Labute approximate surface area is 97.7 Å². The van der Waals surface area contributed by atoms with E-state index in [0.717, 1.165) is 35.8 Å². The van der Waals surface area contributed by atoms with E-state index in [-0.39, 0.29) is 0 Å². The number of nitrogens with one attached hydrogen (secondary N) is 3. The smallest absolute Gasteiger partial charge is 0.0224 e. The first-order valence-electron chi connectivity index (χ1n) is 7.09. The molecule has 0 amide bonds. The summed E-state index contributed by atoms with van der Waals surface area (Å²) in [5.41, 5.74) is 0. The second-order valence-corrected chi connectivity index (χ2v) is 6.33. The maximum absolute atomic E-state index is 3.73. The van der Waals surface area contributed by atoms with Crippen molar-refractivity contribution in [2.75, 3.05) is 26.2 Å². The summed E-state index contributed by atoms with van der Waals surface area (Å²) in [7, 11) is 0. The molecule has 90 valence electrons. The molecule has 6 atom stereocenters. The highest BCUT2D eigenvalue weighted by molar-refractivity contribution is 5.05. The van der Waals surface area contributed by atoms with Crippen LogP contribution >= 0.6 is 0 Å². The molecule has 16 heavy (non-hydrogen) atoms. The van der Waals surface area contributed by atoms with E-state index in [1.54, 1.807) is 0 Å². The zero-order valence-electron chi connectivity index (χ0n) is 9.91. The molecule has 2 aliphatic heterocycles. The highest BCUT2D eigenvalue weighted by Crippen LogP contribution is 2.50. The quantitative estimate of drug-likeness (QED) is 0.546. The molecule has 0 radical (unpaired) electrons. The monoisotopic (exact) mass is 221 g/mol. The van der Waals surface area contributed by atoms with Crippen molar-refractivity contribution in [3.63, 3.8) is 0 Å². The Balaban J connectivity index is 1.57. The van der Waals surface area contributed by atoms with Crippen LogP contribution in [0.25, 0.3) is 0 Å². The minimum Gasteiger partial charge on any atom is -0.316 e. The van der Waals surface area contributed by atoms with Crippen LogP contribution < -0.4 is 16.0 Å². The number of hydrogen-bond donors (Lipinski definition) is 3. The van der Waals surface area contributed by atoms with Gasteiger partial charge in [0.15, 0.2) is 0 Å². The summed E-state index contributed by atoms with van der Waals surface area (Å²) >= 11 is 0. The highest BCUT2D eigenvalue weighted by atomic mass is 15.1. The van der Waals surface area contributed by atoms with E-state index < -0.39 is 0 Å². The van der Waals surface area contributed by atoms with E-state index in [0.29, 0.717) is 0 Å². The van der Waals surface area contributed by atoms with Crippen LogP contribution in [0, 0.1) is 23.7 Å². The van der Waals surface area contributed by atoms with E-state index in [9.17, 15) is 0 Å². The summed E-state index contributed by atoms with van der Waals surface area (Å²) in [6, 6.07) is 1.55. The third-order valence-electron chi connectivity index (χ3n) is 5.66. The lowest BCUT2D eigenvalue weighted by Gasteiger charge is -2.44. The molecule has 4 rings (SSSR count). The molecule has 3 nitrogen and oxygen atoms in total. The summed E-state index contributed by atoms with van der Waals surface area (Å²) in [5.74, 6) is 4.03. The Morgan fingerprint density at radius 2 is 1.25 bits per heavy atom. The summed E-state index contributed by atoms with van der Waals surface area (Å²) in [6.07, 6.45) is 4.39. The van der Waals surface area contributed by atoms with Crippen molar-refractivity contribution in [2.24, 2.45) is 23.7 Å². The molecule has 4 fully saturated rings. The molecule has 0 aromatic rings. The van der Waals surface area contributed by atoms with Gasteiger partial charge in [-0.2, -0.15) is 0 Å². The Morgan fingerprint density at radius 1 is 0.688 bits per heavy atom. The van der Waals surface area contributed by atoms with Gasteiger partial charge in [0.1, 0.15) is 0 Å². The first-order chi connectivity index (χ1) is 7.92. The van der Waals surface area contributed by atoms with Crippen LogP contribution in [0.3, 0.4) is 0 Å². The molecule has 3 N–H and O–H groups in total. The van der Waals surface area contributed by atoms with Gasteiger partial charge in [0.05, 0.1) is 0 Å². The van der Waals surface area contributed by atoms with Gasteiger partial charge in [-0.1, -0.05) is 0 Å². The predicted octanol–water partition coefficient (Wildman–Crippen LogP) is 0.182. The molecule has 2 aliphatic carbocycles. The van der Waals surface area contributed by atoms with Crippen LogP contribution in [0.4, 0.5) is 0 Å². The minimum absolute atomic E-state index is 0.773. The van der Waals surface area contributed by atoms with Gasteiger partial charge in [-0.05, 0) is 56.0 Å². The van der Waals surface area contributed by atoms with Gasteiger partial charge >= 0.3 is 0 Å². The average Bonchev–Trinajstić information content (AvgIpc) is 2.59. The molecule has 3 heteroatoms. The second kappa shape index (κ2) is 3.69. The largest absolute Gasteiger partial charge is 0.316 e. The fourth-order valence-electron chi connectivity index (χ4n) is 4.98. The van der Waals surface area contributed by atoms with E-state index in [1.807, 2.05) is 0 Å². The van der Waals surface area contributed by atoms with E-state index >= 15 is 0 Å². The van der Waals surface area contributed by atoms with Gasteiger partial charge < -0.3 is 16.0 Å². The standard InChI is InChI=1S/C13H23N3/c1-2-16-13-5-11-9-3-8(6-14-7-9)10(11)4-12(13)15-1/h8-16H,1-7H2/t8-,9+,10?,11?,12?,13?. The molecule has 4 unspecified atom stereocenters. The number of piperidine rings is 1. The van der Waals surface area contributed by atoms with Gasteiger partial charge in [0.2, 0.25) is 0 Å². The minimum atomic E-state index is 0.773. The molecule has 2 bridgehead atoms. The summed E-state index contributed by atoms with van der Waals surface area (Å²) < 4.78 is 0. The molecule has 2 heterocycles. The van der Waals surface area contributed by atoms with Crippen LogP contribution in [-0.4, -0.2) is 38.3 Å². The average molecular weight is 221 g/mol. The summed E-state index contributed by atoms with van der Waals surface area (Å²) in [5, 5.41) is 11.1. The molecule has 2 saturated heterocycles. The number of fused-ring (bicyclic) bond motifs is 6. The van der Waals surface area contributed by atoms with Gasteiger partial charge in [0, 0.05) is 25.2 Å². The topological polar surface area (TPSA) is 36.1 Å². The Hall–Kier alpha value is -0.120. The van der Waals surface area contributed by atoms with Gasteiger partial charge in [-0.3, -0.25) is 0 Å². The predicted molar refractivity (Wildman–Crippen MR) is 64.3 cm³/mol. The maximum Gasteiger partial charge on any atom is 0.0224 e. The van der Waals surface area contributed by atoms with Crippen molar-refractivity contribution in [1.29, 1.82) is 0 Å². The van der Waals surface area contributed by atoms with Crippen molar-refractivity contribution in [2.45, 2.75) is 31.3 Å². The fraction of sp³-hybridized carbons (Fsp3) is 1.00. The lowest BCUT2D eigenvalue weighted by molar-refractivity contribution is 0.128. The maximum atomic E-state index is 3.73. The van der Waals surface area contributed by atoms with Crippen LogP contribution in [0.2, 0.25) is 0 Å². The van der Waals surface area contributed by atoms with Crippen LogP contribution in [0.15, 0.2) is 0 Å².